The number of methoxy groups -OCH3 is 2. The van der Waals surface area contributed by atoms with Gasteiger partial charge in [-0.05, 0) is 60.7 Å². The van der Waals surface area contributed by atoms with Gasteiger partial charge in [0.2, 0.25) is 0 Å². The van der Waals surface area contributed by atoms with Gasteiger partial charge in [0.05, 0.1) is 26.4 Å². The molecule has 0 radical (unpaired) electrons. The third kappa shape index (κ3) is 3.22. The van der Waals surface area contributed by atoms with Crippen LogP contribution in [0.15, 0.2) is 36.4 Å². The van der Waals surface area contributed by atoms with Crippen LogP contribution in [0.25, 0.3) is 0 Å². The van der Waals surface area contributed by atoms with Crippen molar-refractivity contribution in [3.63, 3.8) is 0 Å². The van der Waals surface area contributed by atoms with Crippen molar-refractivity contribution >= 4 is 5.91 Å². The Bertz CT molecular complexity index is 890. The Morgan fingerprint density at radius 2 is 1.89 bits per heavy atom. The van der Waals surface area contributed by atoms with Gasteiger partial charge in [0.1, 0.15) is 5.75 Å². The van der Waals surface area contributed by atoms with E-state index < -0.39 is 5.82 Å². The Morgan fingerprint density at radius 3 is 2.61 bits per heavy atom. The van der Waals surface area contributed by atoms with Gasteiger partial charge in [0.25, 0.3) is 5.91 Å². The van der Waals surface area contributed by atoms with E-state index in [0.717, 1.165) is 25.0 Å². The van der Waals surface area contributed by atoms with E-state index in [1.54, 1.807) is 12.0 Å². The van der Waals surface area contributed by atoms with Gasteiger partial charge in [-0.2, -0.15) is 0 Å². The minimum absolute atomic E-state index is 0.0813. The van der Waals surface area contributed by atoms with Gasteiger partial charge in [-0.3, -0.25) is 4.79 Å². The first-order chi connectivity index (χ1) is 13.6. The number of rotatable bonds is 3. The fourth-order valence-corrected chi connectivity index (χ4v) is 4.24. The van der Waals surface area contributed by atoms with Gasteiger partial charge in [-0.1, -0.05) is 6.07 Å². The second-order valence-electron chi connectivity index (χ2n) is 7.26. The molecule has 1 saturated heterocycles. The van der Waals surface area contributed by atoms with E-state index in [1.165, 1.54) is 36.4 Å². The van der Waals surface area contributed by atoms with Crippen LogP contribution in [0.1, 0.15) is 34.3 Å². The topological polar surface area (TPSA) is 48.0 Å². The third-order valence-corrected chi connectivity index (χ3v) is 5.81. The number of carbonyl (C=O) groups excluding carboxylic acids is 1. The summed E-state index contributed by atoms with van der Waals surface area (Å²) in [7, 11) is 3.07. The number of fused-ring (bicyclic) bond motifs is 2. The number of halogens is 1. The van der Waals surface area contributed by atoms with Crippen molar-refractivity contribution in [1.82, 2.24) is 4.90 Å². The first-order valence-electron chi connectivity index (χ1n) is 9.50. The lowest BCUT2D eigenvalue weighted by Gasteiger charge is -2.45. The molecule has 1 spiro atoms. The van der Waals surface area contributed by atoms with E-state index in [2.05, 4.69) is 12.1 Å². The number of piperidine rings is 1. The summed E-state index contributed by atoms with van der Waals surface area (Å²) >= 11 is 0. The SMILES string of the molecule is COc1ccc2c(c1)CCOC21CCN(C(=O)c2ccc(F)c(OC)c2)CC1. The van der Waals surface area contributed by atoms with Crippen LogP contribution in [0.4, 0.5) is 4.39 Å². The summed E-state index contributed by atoms with van der Waals surface area (Å²) in [4.78, 5) is 14.7. The van der Waals surface area contributed by atoms with Gasteiger partial charge in [-0.25, -0.2) is 4.39 Å². The van der Waals surface area contributed by atoms with Crippen LogP contribution in [-0.4, -0.2) is 44.7 Å². The number of hydrogen-bond acceptors (Lipinski definition) is 4. The van der Waals surface area contributed by atoms with E-state index in [9.17, 15) is 9.18 Å². The normalized spacial score (nSPS) is 17.9. The highest BCUT2D eigenvalue weighted by Gasteiger charge is 2.41. The van der Waals surface area contributed by atoms with E-state index >= 15 is 0 Å². The number of ether oxygens (including phenoxy) is 3. The maximum absolute atomic E-state index is 13.6. The fourth-order valence-electron chi connectivity index (χ4n) is 4.24. The van der Waals surface area contributed by atoms with Crippen molar-refractivity contribution in [1.29, 1.82) is 0 Å². The molecule has 5 nitrogen and oxygen atoms in total. The zero-order valence-corrected chi connectivity index (χ0v) is 16.2. The van der Waals surface area contributed by atoms with E-state index in [4.69, 9.17) is 14.2 Å². The Morgan fingerprint density at radius 1 is 1.11 bits per heavy atom. The summed E-state index contributed by atoms with van der Waals surface area (Å²) in [5.74, 6) is 0.352. The minimum atomic E-state index is -0.473. The lowest BCUT2D eigenvalue weighted by molar-refractivity contribution is -0.0935. The number of carbonyl (C=O) groups is 1. The Kier molecular flexibility index (Phi) is 4.98. The molecular weight excluding hydrogens is 361 g/mol. The van der Waals surface area contributed by atoms with Crippen LogP contribution in [-0.2, 0) is 16.8 Å². The van der Waals surface area contributed by atoms with Crippen LogP contribution >= 0.6 is 0 Å². The Balaban J connectivity index is 1.52. The minimum Gasteiger partial charge on any atom is -0.497 e. The summed E-state index contributed by atoms with van der Waals surface area (Å²) in [6, 6.07) is 10.4. The highest BCUT2D eigenvalue weighted by molar-refractivity contribution is 5.94. The van der Waals surface area contributed by atoms with Crippen molar-refractivity contribution < 1.29 is 23.4 Å². The van der Waals surface area contributed by atoms with Crippen LogP contribution in [0, 0.1) is 5.82 Å². The van der Waals surface area contributed by atoms with Crippen LogP contribution in [0.3, 0.4) is 0 Å². The van der Waals surface area contributed by atoms with Crippen molar-refractivity contribution in [3.05, 3.63) is 58.9 Å². The molecule has 148 valence electrons. The average molecular weight is 385 g/mol. The molecule has 2 heterocycles. The number of nitrogens with zero attached hydrogens (tertiary/aromatic N) is 1. The van der Waals surface area contributed by atoms with Crippen molar-refractivity contribution in [2.75, 3.05) is 33.9 Å². The van der Waals surface area contributed by atoms with Crippen molar-refractivity contribution in [3.8, 4) is 11.5 Å². The van der Waals surface area contributed by atoms with Gasteiger partial charge in [0, 0.05) is 18.7 Å². The molecule has 0 saturated carbocycles. The first-order valence-corrected chi connectivity index (χ1v) is 9.50. The molecule has 1 fully saturated rings. The first kappa shape index (κ1) is 18.7. The molecule has 0 N–H and O–H groups in total. The molecule has 1 amide bonds. The van der Waals surface area contributed by atoms with Gasteiger partial charge in [-0.15, -0.1) is 0 Å². The third-order valence-electron chi connectivity index (χ3n) is 5.81. The molecule has 0 aliphatic carbocycles. The zero-order valence-electron chi connectivity index (χ0n) is 16.2. The quantitative estimate of drug-likeness (QED) is 0.811. The summed E-state index contributed by atoms with van der Waals surface area (Å²) in [5.41, 5.74) is 2.55. The maximum atomic E-state index is 13.6. The maximum Gasteiger partial charge on any atom is 0.253 e. The summed E-state index contributed by atoms with van der Waals surface area (Å²) in [6.45, 7) is 1.84. The predicted octanol–water partition coefficient (Wildman–Crippen LogP) is 3.55. The van der Waals surface area contributed by atoms with E-state index in [1.807, 2.05) is 6.07 Å². The fraction of sp³-hybridized carbons (Fsp3) is 0.409. The molecule has 0 bridgehead atoms. The smallest absolute Gasteiger partial charge is 0.253 e. The number of amides is 1. The summed E-state index contributed by atoms with van der Waals surface area (Å²) in [5, 5.41) is 0. The summed E-state index contributed by atoms with van der Waals surface area (Å²) in [6.07, 6.45) is 2.33. The molecule has 6 heteroatoms. The number of benzene rings is 2. The van der Waals surface area contributed by atoms with E-state index in [0.29, 0.717) is 25.3 Å². The van der Waals surface area contributed by atoms with Crippen LogP contribution in [0.5, 0.6) is 11.5 Å². The molecule has 0 aromatic heterocycles. The molecule has 2 aromatic carbocycles. The van der Waals surface area contributed by atoms with Gasteiger partial charge in [0.15, 0.2) is 11.6 Å². The molecule has 0 unspecified atom stereocenters. The lowest BCUT2D eigenvalue weighted by atomic mass is 9.79. The highest BCUT2D eigenvalue weighted by atomic mass is 19.1. The molecule has 0 atom stereocenters. The number of hydrogen-bond donors (Lipinski definition) is 0. The molecule has 2 aliphatic rings. The zero-order chi connectivity index (χ0) is 19.7. The Labute approximate surface area is 164 Å². The summed E-state index contributed by atoms with van der Waals surface area (Å²) < 4.78 is 30.2. The average Bonchev–Trinajstić information content (AvgIpc) is 2.74. The van der Waals surface area contributed by atoms with E-state index in [-0.39, 0.29) is 17.3 Å². The van der Waals surface area contributed by atoms with Crippen LogP contribution < -0.4 is 9.47 Å². The Hall–Kier alpha value is -2.60. The molecular formula is C22H24FNO4. The monoisotopic (exact) mass is 385 g/mol. The standard InChI is InChI=1S/C22H24FNO4/c1-26-17-4-5-18-15(13-17)7-12-28-22(18)8-10-24(11-9-22)21(25)16-3-6-19(23)20(14-16)27-2/h3-6,13-14H,7-12H2,1-2H3. The predicted molar refractivity (Wildman–Crippen MR) is 102 cm³/mol. The second-order valence-corrected chi connectivity index (χ2v) is 7.26. The molecule has 28 heavy (non-hydrogen) atoms. The molecule has 4 rings (SSSR count). The van der Waals surface area contributed by atoms with Crippen LogP contribution in [0.2, 0.25) is 0 Å². The van der Waals surface area contributed by atoms with Crippen molar-refractivity contribution in [2.45, 2.75) is 24.9 Å². The lowest BCUT2D eigenvalue weighted by Crippen LogP contribution is -2.48. The van der Waals surface area contributed by atoms with Crippen molar-refractivity contribution in [2.24, 2.45) is 0 Å². The molecule has 2 aliphatic heterocycles. The van der Waals surface area contributed by atoms with Gasteiger partial charge >= 0.3 is 0 Å². The van der Waals surface area contributed by atoms with Gasteiger partial charge < -0.3 is 19.1 Å². The number of likely N-dealkylation sites (tertiary alicyclic amines) is 1. The largest absolute Gasteiger partial charge is 0.497 e. The molecule has 2 aromatic rings. The second kappa shape index (κ2) is 7.43. The highest BCUT2D eigenvalue weighted by Crippen LogP contribution is 2.42.